The quantitative estimate of drug-likeness (QED) is 0.355. The van der Waals surface area contributed by atoms with Crippen molar-refractivity contribution >= 4 is 34.5 Å². The van der Waals surface area contributed by atoms with Crippen molar-refractivity contribution in [3.8, 4) is 0 Å². The summed E-state index contributed by atoms with van der Waals surface area (Å²) in [6.07, 6.45) is -0.171. The smallest absolute Gasteiger partial charge is 0.337 e. The van der Waals surface area contributed by atoms with Crippen LogP contribution in [0.2, 0.25) is 0 Å². The highest BCUT2D eigenvalue weighted by atomic mass is 16.7. The maximum atomic E-state index is 13.2. The lowest BCUT2D eigenvalue weighted by molar-refractivity contribution is -0.110. The van der Waals surface area contributed by atoms with Gasteiger partial charge in [0.05, 0.1) is 42.8 Å². The van der Waals surface area contributed by atoms with Crippen LogP contribution in [0.25, 0.3) is 11.3 Å². The second kappa shape index (κ2) is 11.0. The Hall–Kier alpha value is -3.98. The van der Waals surface area contributed by atoms with Gasteiger partial charge in [-0.05, 0) is 42.4 Å². The van der Waals surface area contributed by atoms with Gasteiger partial charge in [0.2, 0.25) is 0 Å². The van der Waals surface area contributed by atoms with Gasteiger partial charge in [0.15, 0.2) is 6.29 Å². The molecule has 0 radical (unpaired) electrons. The predicted octanol–water partition coefficient (Wildman–Crippen LogP) is 4.21. The van der Waals surface area contributed by atoms with E-state index in [1.807, 2.05) is 49.5 Å². The van der Waals surface area contributed by atoms with Crippen molar-refractivity contribution in [3.63, 3.8) is 0 Å². The largest absolute Gasteiger partial charge is 0.465 e. The van der Waals surface area contributed by atoms with E-state index < -0.39 is 5.97 Å². The Bertz CT molecular complexity index is 1320. The van der Waals surface area contributed by atoms with Crippen LogP contribution >= 0.6 is 0 Å². The Labute approximate surface area is 215 Å². The molecule has 0 bridgehead atoms. The van der Waals surface area contributed by atoms with Crippen molar-refractivity contribution in [1.29, 1.82) is 0 Å². The summed E-state index contributed by atoms with van der Waals surface area (Å²) in [5.74, 6) is -0.692. The lowest BCUT2D eigenvalue weighted by atomic mass is 9.99. The van der Waals surface area contributed by atoms with Crippen LogP contribution in [0.1, 0.15) is 27.0 Å². The van der Waals surface area contributed by atoms with Gasteiger partial charge in [-0.15, -0.1) is 0 Å². The van der Waals surface area contributed by atoms with Crippen LogP contribution < -0.4 is 10.6 Å². The first-order valence-corrected chi connectivity index (χ1v) is 12.1. The van der Waals surface area contributed by atoms with Crippen LogP contribution in [0, 0.1) is 0 Å². The van der Waals surface area contributed by atoms with Crippen LogP contribution in [-0.2, 0) is 25.5 Å². The minimum absolute atomic E-state index is 0.171. The number of hydrogen-bond donors (Lipinski definition) is 2. The zero-order valence-electron chi connectivity index (χ0n) is 20.8. The Morgan fingerprint density at radius 3 is 2.46 bits per heavy atom. The second-order valence-corrected chi connectivity index (χ2v) is 9.01. The summed E-state index contributed by atoms with van der Waals surface area (Å²) in [5, 5.41) is 6.36. The van der Waals surface area contributed by atoms with Gasteiger partial charge < -0.3 is 24.8 Å². The van der Waals surface area contributed by atoms with Gasteiger partial charge in [0.1, 0.15) is 0 Å². The number of amides is 1. The van der Waals surface area contributed by atoms with Crippen molar-refractivity contribution in [2.75, 3.05) is 44.5 Å². The lowest BCUT2D eigenvalue weighted by Gasteiger charge is -2.20. The Morgan fingerprint density at radius 2 is 1.76 bits per heavy atom. The molecule has 8 heteroatoms. The molecule has 2 aliphatic heterocycles. The monoisotopic (exact) mass is 499 g/mol. The maximum Gasteiger partial charge on any atom is 0.337 e. The third kappa shape index (κ3) is 5.56. The zero-order chi connectivity index (χ0) is 25.8. The van der Waals surface area contributed by atoms with Crippen molar-refractivity contribution in [2.45, 2.75) is 12.8 Å². The van der Waals surface area contributed by atoms with Gasteiger partial charge in [-0.1, -0.05) is 48.5 Å². The van der Waals surface area contributed by atoms with Crippen molar-refractivity contribution in [2.24, 2.45) is 0 Å². The summed E-state index contributed by atoms with van der Waals surface area (Å²) < 4.78 is 15.9. The summed E-state index contributed by atoms with van der Waals surface area (Å²) in [6, 6.07) is 22.9. The molecular weight excluding hydrogens is 470 g/mol. The Kier molecular flexibility index (Phi) is 7.32. The number of ether oxygens (including phenoxy) is 3. The second-order valence-electron chi connectivity index (χ2n) is 9.01. The first kappa shape index (κ1) is 24.7. The van der Waals surface area contributed by atoms with Crippen molar-refractivity contribution in [3.05, 3.63) is 95.1 Å². The SMILES string of the molecule is COC(=O)c1ccc2c(c1)NC(=O)C2=C(Nc1ccc(CN(C)CC2OCCO2)cc1)c1ccccc1. The normalized spacial score (nSPS) is 16.5. The van der Waals surface area contributed by atoms with Crippen LogP contribution in [0.5, 0.6) is 0 Å². The number of hydrogen-bond acceptors (Lipinski definition) is 7. The molecule has 2 heterocycles. The van der Waals surface area contributed by atoms with Crippen LogP contribution in [0.4, 0.5) is 11.4 Å². The lowest BCUT2D eigenvalue weighted by Crippen LogP contribution is -2.29. The molecule has 0 saturated carbocycles. The number of benzene rings is 3. The molecule has 0 unspecified atom stereocenters. The van der Waals surface area contributed by atoms with Gasteiger partial charge in [-0.25, -0.2) is 4.79 Å². The summed E-state index contributed by atoms with van der Waals surface area (Å²) >= 11 is 0. The van der Waals surface area contributed by atoms with Crippen molar-refractivity contribution in [1.82, 2.24) is 4.90 Å². The molecule has 0 spiro atoms. The van der Waals surface area contributed by atoms with Crippen LogP contribution in [0.3, 0.4) is 0 Å². The number of nitrogens with zero attached hydrogens (tertiary/aromatic N) is 1. The van der Waals surface area contributed by atoms with Gasteiger partial charge in [-0.2, -0.15) is 0 Å². The molecule has 2 N–H and O–H groups in total. The third-order valence-corrected chi connectivity index (χ3v) is 6.33. The molecule has 5 rings (SSSR count). The predicted molar refractivity (Wildman–Crippen MR) is 142 cm³/mol. The topological polar surface area (TPSA) is 89.1 Å². The Morgan fingerprint density at radius 1 is 1.03 bits per heavy atom. The molecule has 1 saturated heterocycles. The number of nitrogens with one attached hydrogen (secondary N) is 2. The van der Waals surface area contributed by atoms with E-state index in [0.29, 0.717) is 42.3 Å². The van der Waals surface area contributed by atoms with Crippen molar-refractivity contribution < 1.29 is 23.8 Å². The average molecular weight is 500 g/mol. The van der Waals surface area contributed by atoms with Gasteiger partial charge in [-0.3, -0.25) is 9.69 Å². The minimum atomic E-state index is -0.454. The van der Waals surface area contributed by atoms with Gasteiger partial charge in [0, 0.05) is 24.3 Å². The average Bonchev–Trinajstić information content (AvgIpc) is 3.54. The molecule has 2 aliphatic rings. The summed E-state index contributed by atoms with van der Waals surface area (Å²) in [4.78, 5) is 27.3. The molecule has 0 atom stereocenters. The molecule has 3 aromatic carbocycles. The fourth-order valence-corrected chi connectivity index (χ4v) is 4.53. The summed E-state index contributed by atoms with van der Waals surface area (Å²) in [7, 11) is 3.37. The van der Waals surface area contributed by atoms with E-state index in [1.54, 1.807) is 18.2 Å². The number of methoxy groups -OCH3 is 1. The molecule has 0 aromatic heterocycles. The highest BCUT2D eigenvalue weighted by Gasteiger charge is 2.29. The molecule has 3 aromatic rings. The number of carbonyl (C=O) groups is 2. The van der Waals surface area contributed by atoms with E-state index in [0.717, 1.165) is 28.9 Å². The first-order chi connectivity index (χ1) is 18.0. The highest BCUT2D eigenvalue weighted by Crippen LogP contribution is 2.38. The summed E-state index contributed by atoms with van der Waals surface area (Å²) in [6.45, 7) is 2.76. The molecule has 0 aliphatic carbocycles. The molecule has 37 heavy (non-hydrogen) atoms. The van der Waals surface area contributed by atoms with E-state index in [4.69, 9.17) is 14.2 Å². The Balaban J connectivity index is 1.42. The number of likely N-dealkylation sites (N-methyl/N-ethyl adjacent to an activating group) is 1. The minimum Gasteiger partial charge on any atom is -0.465 e. The van der Waals surface area contributed by atoms with E-state index >= 15 is 0 Å². The van der Waals surface area contributed by atoms with E-state index in [9.17, 15) is 9.59 Å². The molecule has 8 nitrogen and oxygen atoms in total. The maximum absolute atomic E-state index is 13.2. The number of esters is 1. The summed E-state index contributed by atoms with van der Waals surface area (Å²) in [5.41, 5.74) is 5.75. The number of fused-ring (bicyclic) bond motifs is 1. The van der Waals surface area contributed by atoms with E-state index in [-0.39, 0.29) is 12.2 Å². The molecular formula is C29H29N3O5. The third-order valence-electron chi connectivity index (χ3n) is 6.33. The standard InChI is InChI=1S/C29H29N3O5/c1-32(18-25-36-14-15-37-25)17-19-8-11-22(12-9-19)30-27(20-6-4-3-5-7-20)26-23-13-10-21(29(34)35-2)16-24(23)31-28(26)33/h3-13,16,25,30H,14-15,17-18H2,1-2H3,(H,31,33). The first-order valence-electron chi connectivity index (χ1n) is 12.1. The van der Waals surface area contributed by atoms with Crippen LogP contribution in [-0.4, -0.2) is 57.0 Å². The highest BCUT2D eigenvalue weighted by molar-refractivity contribution is 6.37. The zero-order valence-corrected chi connectivity index (χ0v) is 20.8. The number of rotatable bonds is 8. The van der Waals surface area contributed by atoms with Gasteiger partial charge >= 0.3 is 5.97 Å². The number of anilines is 2. The number of carbonyl (C=O) groups excluding carboxylic acids is 2. The van der Waals surface area contributed by atoms with E-state index in [1.165, 1.54) is 7.11 Å². The molecule has 1 fully saturated rings. The molecule has 1 amide bonds. The van der Waals surface area contributed by atoms with Gasteiger partial charge in [0.25, 0.3) is 5.91 Å². The van der Waals surface area contributed by atoms with E-state index in [2.05, 4.69) is 27.7 Å². The fourth-order valence-electron chi connectivity index (χ4n) is 4.53. The molecule has 190 valence electrons. The fraction of sp³-hybridized carbons (Fsp3) is 0.241. The van der Waals surface area contributed by atoms with Crippen LogP contribution in [0.15, 0.2) is 72.8 Å².